The molecule has 0 unspecified atom stereocenters. The van der Waals surface area contributed by atoms with Crippen molar-refractivity contribution < 1.29 is 45.5 Å². The first-order valence-electron chi connectivity index (χ1n) is 17.7. The zero-order valence-corrected chi connectivity index (χ0v) is 30.0. The summed E-state index contributed by atoms with van der Waals surface area (Å²) in [4.78, 5) is 47.8. The largest absolute Gasteiger partial charge is 0.416 e. The van der Waals surface area contributed by atoms with E-state index in [1.54, 1.807) is 48.5 Å². The van der Waals surface area contributed by atoms with Crippen LogP contribution in [0.4, 0.5) is 49.1 Å². The highest BCUT2D eigenvalue weighted by molar-refractivity contribution is 6.16. The molecule has 0 bridgehead atoms. The number of carbonyl (C=O) groups excluding carboxylic acids is 3. The maximum Gasteiger partial charge on any atom is 0.416 e. The molecule has 4 heterocycles. The Kier molecular flexibility index (Phi) is 10.7. The van der Waals surface area contributed by atoms with Gasteiger partial charge >= 0.3 is 12.4 Å². The van der Waals surface area contributed by atoms with Crippen LogP contribution in [-0.2, 0) is 36.7 Å². The first kappa shape index (κ1) is 39.0. The number of halogens is 6. The second-order valence-electron chi connectivity index (χ2n) is 13.5. The highest BCUT2D eigenvalue weighted by atomic mass is 19.4. The minimum atomic E-state index is -4.52. The third kappa shape index (κ3) is 8.46. The van der Waals surface area contributed by atoms with Crippen LogP contribution in [0.2, 0.25) is 0 Å². The summed E-state index contributed by atoms with van der Waals surface area (Å²) in [5, 5.41) is 2.76. The molecule has 0 saturated carbocycles. The molecule has 0 atom stereocenters. The molecule has 294 valence electrons. The fraction of sp³-hybridized carbons (Fsp3) is 0.220. The summed E-state index contributed by atoms with van der Waals surface area (Å²) in [7, 11) is 0. The molecule has 1 aromatic heterocycles. The van der Waals surface area contributed by atoms with Gasteiger partial charge in [-0.3, -0.25) is 19.3 Å². The third-order valence-electron chi connectivity index (χ3n) is 9.66. The smallest absolute Gasteiger partial charge is 0.398 e. The molecule has 0 aliphatic carbocycles. The number of anilines is 4. The molecule has 4 aromatic carbocycles. The fourth-order valence-corrected chi connectivity index (χ4v) is 6.84. The van der Waals surface area contributed by atoms with Crippen LogP contribution in [0.25, 0.3) is 0 Å². The van der Waals surface area contributed by atoms with E-state index < -0.39 is 35.3 Å². The molecule has 57 heavy (non-hydrogen) atoms. The van der Waals surface area contributed by atoms with Gasteiger partial charge < -0.3 is 25.6 Å². The van der Waals surface area contributed by atoms with Crippen molar-refractivity contribution in [2.45, 2.75) is 32.0 Å². The highest BCUT2D eigenvalue weighted by Gasteiger charge is 2.36. The van der Waals surface area contributed by atoms with Crippen molar-refractivity contribution in [3.63, 3.8) is 0 Å². The Hall–Kier alpha value is -6.26. The van der Waals surface area contributed by atoms with Gasteiger partial charge in [0.2, 0.25) is 0 Å². The Labute approximate surface area is 322 Å². The Morgan fingerprint density at radius 2 is 1.23 bits per heavy atom. The van der Waals surface area contributed by atoms with Crippen molar-refractivity contribution in [1.82, 2.24) is 9.88 Å². The van der Waals surface area contributed by atoms with Crippen LogP contribution in [0.5, 0.6) is 0 Å². The zero-order chi connectivity index (χ0) is 40.5. The van der Waals surface area contributed by atoms with Gasteiger partial charge in [-0.2, -0.15) is 26.3 Å². The Balaban J connectivity index is 0.000000200. The topological polar surface area (TPSA) is 121 Å². The van der Waals surface area contributed by atoms with Crippen LogP contribution in [0, 0.1) is 0 Å². The number of nitrogens with one attached hydrogen (secondary N) is 1. The Bertz CT molecular complexity index is 2340. The van der Waals surface area contributed by atoms with Crippen LogP contribution < -0.4 is 20.9 Å². The molecule has 0 radical (unpaired) electrons. The van der Waals surface area contributed by atoms with Gasteiger partial charge in [0.25, 0.3) is 17.7 Å². The molecule has 3 N–H and O–H groups in total. The fourth-order valence-electron chi connectivity index (χ4n) is 6.84. The van der Waals surface area contributed by atoms with Crippen molar-refractivity contribution in [2.75, 3.05) is 47.2 Å². The lowest BCUT2D eigenvalue weighted by molar-refractivity contribution is -0.138. The molecule has 3 amide bonds. The van der Waals surface area contributed by atoms with Gasteiger partial charge in [0.1, 0.15) is 5.69 Å². The summed E-state index contributed by atoms with van der Waals surface area (Å²) in [6.45, 7) is 3.82. The van der Waals surface area contributed by atoms with Gasteiger partial charge in [-0.1, -0.05) is 42.5 Å². The summed E-state index contributed by atoms with van der Waals surface area (Å²) in [5.41, 5.74) is 8.06. The van der Waals surface area contributed by atoms with Crippen molar-refractivity contribution in [1.29, 1.82) is 0 Å². The summed E-state index contributed by atoms with van der Waals surface area (Å²) >= 11 is 0. The molecule has 3 aliphatic rings. The summed E-state index contributed by atoms with van der Waals surface area (Å²) in [5.74, 6) is -1.32. The number of hydrogen-bond donors (Lipinski definition) is 2. The Morgan fingerprint density at radius 3 is 1.81 bits per heavy atom. The maximum absolute atomic E-state index is 13.2. The van der Waals surface area contributed by atoms with E-state index in [1.807, 2.05) is 6.07 Å². The second kappa shape index (κ2) is 15.7. The van der Waals surface area contributed by atoms with E-state index in [9.17, 15) is 40.7 Å². The predicted octanol–water partition coefficient (Wildman–Crippen LogP) is 7.79. The van der Waals surface area contributed by atoms with Crippen molar-refractivity contribution >= 4 is 40.5 Å². The van der Waals surface area contributed by atoms with Gasteiger partial charge in [0.15, 0.2) is 0 Å². The number of fused-ring (bicyclic) bond motifs is 2. The number of benzene rings is 4. The number of ether oxygens (including phenoxy) is 1. The van der Waals surface area contributed by atoms with Crippen LogP contribution in [0.15, 0.2) is 103 Å². The number of alkyl halides is 6. The molecular weight excluding hydrogens is 754 g/mol. The normalized spacial score (nSPS) is 15.5. The van der Waals surface area contributed by atoms with Gasteiger partial charge in [0.05, 0.1) is 59.9 Å². The lowest BCUT2D eigenvalue weighted by Crippen LogP contribution is -2.36. The van der Waals surface area contributed by atoms with E-state index in [-0.39, 0.29) is 47.3 Å². The zero-order valence-electron chi connectivity index (χ0n) is 30.0. The number of nitrogens with zero attached hydrogens (tertiary/aromatic N) is 4. The van der Waals surface area contributed by atoms with Crippen molar-refractivity contribution in [3.05, 3.63) is 148 Å². The molecule has 5 aromatic rings. The number of pyridine rings is 1. The number of morpholine rings is 1. The molecule has 8 rings (SSSR count). The number of carbonyl (C=O) groups is 3. The number of rotatable bonds is 6. The summed E-state index contributed by atoms with van der Waals surface area (Å²) < 4.78 is 83.2. The summed E-state index contributed by atoms with van der Waals surface area (Å²) in [6, 6.07) is 24.6. The third-order valence-corrected chi connectivity index (χ3v) is 9.66. The van der Waals surface area contributed by atoms with E-state index in [4.69, 9.17) is 10.5 Å². The van der Waals surface area contributed by atoms with Crippen LogP contribution in [-0.4, -0.2) is 53.9 Å². The van der Waals surface area contributed by atoms with Gasteiger partial charge in [-0.15, -0.1) is 0 Å². The lowest BCUT2D eigenvalue weighted by atomic mass is 10.1. The van der Waals surface area contributed by atoms with E-state index in [0.29, 0.717) is 36.6 Å². The molecule has 3 aliphatic heterocycles. The number of aromatic nitrogens is 1. The first-order valence-corrected chi connectivity index (χ1v) is 17.7. The van der Waals surface area contributed by atoms with E-state index in [0.717, 1.165) is 48.6 Å². The van der Waals surface area contributed by atoms with Gasteiger partial charge in [-0.25, -0.2) is 4.98 Å². The maximum atomic E-state index is 13.2. The number of amides is 3. The predicted molar refractivity (Wildman–Crippen MR) is 199 cm³/mol. The molecule has 1 fully saturated rings. The van der Waals surface area contributed by atoms with E-state index in [1.165, 1.54) is 34.1 Å². The van der Waals surface area contributed by atoms with Gasteiger partial charge in [-0.05, 0) is 71.8 Å². The standard InChI is InChI=1S/C26H23F3N4O3.C15H11F3N2O/c27-26(28,29)18-5-2-7-20(14-18)33-15-17-4-1-8-21(23(17)25(33)35)31-24(34)22-9-3-6-19(30-22)16-32-10-12-36-13-11-32;16-15(17,18)10-4-2-5-11(7-10)20-8-9-3-1-6-12(19)13(9)14(20)21/h1-9,14H,10-13,15-16H2,(H,31,34);1-7H,8,19H2. The lowest BCUT2D eigenvalue weighted by Gasteiger charge is -2.26. The monoisotopic (exact) mass is 788 g/mol. The van der Waals surface area contributed by atoms with Crippen LogP contribution in [0.3, 0.4) is 0 Å². The SMILES string of the molecule is Nc1cccc2c1C(=O)N(c1cccc(C(F)(F)F)c1)C2.O=C(Nc1cccc2c1C(=O)N(c1cccc(C(F)(F)F)c1)C2)c1cccc(CN2CCOCC2)n1. The van der Waals surface area contributed by atoms with Crippen LogP contribution in [0.1, 0.15) is 59.2 Å². The number of nitrogens with two attached hydrogens (primary N) is 1. The minimum Gasteiger partial charge on any atom is -0.398 e. The average molecular weight is 789 g/mol. The molecular formula is C41H34F6N6O4. The average Bonchev–Trinajstić information content (AvgIpc) is 3.72. The number of hydrogen-bond acceptors (Lipinski definition) is 7. The summed E-state index contributed by atoms with van der Waals surface area (Å²) in [6.07, 6.45) is -8.96. The Morgan fingerprint density at radius 1 is 0.702 bits per heavy atom. The molecule has 1 saturated heterocycles. The molecule has 10 nitrogen and oxygen atoms in total. The molecule has 0 spiro atoms. The second-order valence-corrected chi connectivity index (χ2v) is 13.5. The van der Waals surface area contributed by atoms with Crippen molar-refractivity contribution in [2.24, 2.45) is 0 Å². The number of nitrogen functional groups attached to an aromatic ring is 1. The van der Waals surface area contributed by atoms with Crippen molar-refractivity contribution in [3.8, 4) is 0 Å². The minimum absolute atomic E-state index is 0.104. The van der Waals surface area contributed by atoms with E-state index >= 15 is 0 Å². The first-order chi connectivity index (χ1) is 27.2. The van der Waals surface area contributed by atoms with Crippen LogP contribution >= 0.6 is 0 Å². The highest BCUT2D eigenvalue weighted by Crippen LogP contribution is 2.38. The molecule has 16 heteroatoms. The van der Waals surface area contributed by atoms with Gasteiger partial charge in [0, 0.05) is 36.7 Å². The quantitative estimate of drug-likeness (QED) is 0.133. The van der Waals surface area contributed by atoms with E-state index in [2.05, 4.69) is 15.2 Å².